The van der Waals surface area contributed by atoms with Gasteiger partial charge in [-0.3, -0.25) is 14.6 Å². The fourth-order valence-electron chi connectivity index (χ4n) is 6.17. The van der Waals surface area contributed by atoms with E-state index in [-0.39, 0.29) is 17.6 Å². The predicted octanol–water partition coefficient (Wildman–Crippen LogP) is 5.72. The molecule has 0 atom stereocenters. The second-order valence-electron chi connectivity index (χ2n) is 10.7. The molecule has 0 radical (unpaired) electrons. The third-order valence-corrected chi connectivity index (χ3v) is 8.37. The third kappa shape index (κ3) is 5.12. The van der Waals surface area contributed by atoms with Gasteiger partial charge in [-0.05, 0) is 74.5 Å². The molecule has 6 nitrogen and oxygen atoms in total. The number of furan rings is 1. The molecular formula is C31H35N3O3. The van der Waals surface area contributed by atoms with Crippen molar-refractivity contribution < 1.29 is 14.0 Å². The van der Waals surface area contributed by atoms with Gasteiger partial charge in [-0.15, -0.1) is 0 Å². The highest BCUT2D eigenvalue weighted by Gasteiger charge is 2.28. The van der Waals surface area contributed by atoms with Crippen LogP contribution in [0.15, 0.2) is 53.2 Å². The first kappa shape index (κ1) is 24.1. The van der Waals surface area contributed by atoms with Crippen molar-refractivity contribution in [2.75, 3.05) is 32.7 Å². The van der Waals surface area contributed by atoms with Crippen molar-refractivity contribution in [2.24, 2.45) is 0 Å². The molecule has 0 bridgehead atoms. The zero-order valence-corrected chi connectivity index (χ0v) is 21.5. The largest absolute Gasteiger partial charge is 0.460 e. The molecule has 0 N–H and O–H groups in total. The fraction of sp³-hybridized carbons (Fsp3) is 0.452. The molecule has 2 saturated heterocycles. The molecule has 6 rings (SSSR count). The van der Waals surface area contributed by atoms with Gasteiger partial charge in [0, 0.05) is 67.5 Å². The predicted molar refractivity (Wildman–Crippen MR) is 143 cm³/mol. The Morgan fingerprint density at radius 2 is 1.68 bits per heavy atom. The van der Waals surface area contributed by atoms with Crippen LogP contribution in [0.1, 0.15) is 72.5 Å². The van der Waals surface area contributed by atoms with E-state index in [0.29, 0.717) is 12.8 Å². The van der Waals surface area contributed by atoms with Crippen molar-refractivity contribution in [3.8, 4) is 22.5 Å². The summed E-state index contributed by atoms with van der Waals surface area (Å²) in [4.78, 5) is 33.7. The Hall–Kier alpha value is -3.25. The van der Waals surface area contributed by atoms with Gasteiger partial charge in [0.05, 0.1) is 0 Å². The average Bonchev–Trinajstić information content (AvgIpc) is 3.57. The lowest BCUT2D eigenvalue weighted by Gasteiger charge is -2.32. The lowest BCUT2D eigenvalue weighted by molar-refractivity contribution is -0.132. The van der Waals surface area contributed by atoms with Crippen LogP contribution in [-0.4, -0.2) is 59.2 Å². The number of rotatable bonds is 6. The van der Waals surface area contributed by atoms with Crippen molar-refractivity contribution in [3.05, 3.63) is 65.7 Å². The van der Waals surface area contributed by atoms with E-state index in [1.165, 1.54) is 19.3 Å². The van der Waals surface area contributed by atoms with Gasteiger partial charge in [0.15, 0.2) is 5.78 Å². The second kappa shape index (κ2) is 10.6. The molecule has 2 fully saturated rings. The zero-order chi connectivity index (χ0) is 25.2. The first-order valence-corrected chi connectivity index (χ1v) is 13.9. The van der Waals surface area contributed by atoms with E-state index in [0.717, 1.165) is 91.3 Å². The van der Waals surface area contributed by atoms with E-state index in [2.05, 4.69) is 22.0 Å². The van der Waals surface area contributed by atoms with Crippen molar-refractivity contribution >= 4 is 11.7 Å². The van der Waals surface area contributed by atoms with Crippen LogP contribution in [0, 0.1) is 0 Å². The summed E-state index contributed by atoms with van der Waals surface area (Å²) in [7, 11) is 0. The lowest BCUT2D eigenvalue weighted by atomic mass is 9.92. The van der Waals surface area contributed by atoms with Crippen LogP contribution in [0.5, 0.6) is 0 Å². The van der Waals surface area contributed by atoms with Crippen LogP contribution in [0.25, 0.3) is 22.5 Å². The first-order chi connectivity index (χ1) is 18.2. The number of hydrogen-bond acceptors (Lipinski definition) is 5. The van der Waals surface area contributed by atoms with Gasteiger partial charge in [-0.2, -0.15) is 0 Å². The molecule has 4 heterocycles. The molecule has 0 spiro atoms. The van der Waals surface area contributed by atoms with E-state index in [1.807, 2.05) is 29.2 Å². The van der Waals surface area contributed by atoms with Crippen LogP contribution in [0.2, 0.25) is 0 Å². The first-order valence-electron chi connectivity index (χ1n) is 13.9. The number of aromatic nitrogens is 1. The molecule has 2 aromatic heterocycles. The smallest absolute Gasteiger partial charge is 0.223 e. The van der Waals surface area contributed by atoms with Crippen LogP contribution in [0.3, 0.4) is 0 Å². The summed E-state index contributed by atoms with van der Waals surface area (Å²) in [6.07, 6.45) is 11.3. The maximum Gasteiger partial charge on any atom is 0.223 e. The molecule has 1 amide bonds. The Balaban J connectivity index is 1.18. The van der Waals surface area contributed by atoms with Gasteiger partial charge in [-0.1, -0.05) is 24.6 Å². The number of aryl methyl sites for hydroxylation is 1. The number of nitrogens with zero attached hydrogens (tertiary/aromatic N) is 3. The number of amides is 1. The summed E-state index contributed by atoms with van der Waals surface area (Å²) < 4.78 is 6.55. The molecular weight excluding hydrogens is 462 g/mol. The number of piperidine rings is 2. The summed E-state index contributed by atoms with van der Waals surface area (Å²) in [6, 6.07) is 12.3. The highest BCUT2D eigenvalue weighted by molar-refractivity contribution is 6.01. The molecule has 3 aliphatic rings. The van der Waals surface area contributed by atoms with Gasteiger partial charge < -0.3 is 14.2 Å². The molecule has 0 unspecified atom stereocenters. The van der Waals surface area contributed by atoms with E-state index in [4.69, 9.17) is 4.42 Å². The van der Waals surface area contributed by atoms with E-state index >= 15 is 0 Å². The van der Waals surface area contributed by atoms with E-state index in [1.54, 1.807) is 12.4 Å². The molecule has 2 aliphatic heterocycles. The number of carbonyl (C=O) groups is 2. The zero-order valence-electron chi connectivity index (χ0n) is 21.5. The topological polar surface area (TPSA) is 66.7 Å². The Morgan fingerprint density at radius 1 is 0.892 bits per heavy atom. The van der Waals surface area contributed by atoms with Gasteiger partial charge in [0.25, 0.3) is 0 Å². The monoisotopic (exact) mass is 497 g/mol. The number of likely N-dealkylation sites (tertiary alicyclic amines) is 2. The number of hydrogen-bond donors (Lipinski definition) is 0. The summed E-state index contributed by atoms with van der Waals surface area (Å²) >= 11 is 0. The number of Topliss-reactive ketones (excluding diaryl/α,β-unsaturated/α-hetero) is 1. The highest BCUT2D eigenvalue weighted by atomic mass is 16.3. The number of benzene rings is 1. The Bertz CT molecular complexity index is 1270. The standard InChI is InChI=1S/C31H35N3O3/c35-28-7-5-24-20-25(4-6-26(24)28)27-21-29(37-31(27)23-8-13-32-14-9-23)22-10-18-34(19-11-22)30(36)12-17-33-15-2-1-3-16-33/h4,6,8-9,13-14,20-22H,1-3,5,7,10-12,15-19H2. The van der Waals surface area contributed by atoms with Crippen molar-refractivity contribution in [1.29, 1.82) is 0 Å². The molecule has 1 aliphatic carbocycles. The molecule has 37 heavy (non-hydrogen) atoms. The van der Waals surface area contributed by atoms with E-state index < -0.39 is 0 Å². The fourth-order valence-corrected chi connectivity index (χ4v) is 6.17. The quantitative estimate of drug-likeness (QED) is 0.436. The minimum Gasteiger partial charge on any atom is -0.460 e. The minimum absolute atomic E-state index is 0.237. The van der Waals surface area contributed by atoms with Crippen LogP contribution >= 0.6 is 0 Å². The molecule has 6 heteroatoms. The van der Waals surface area contributed by atoms with Gasteiger partial charge in [0.1, 0.15) is 11.5 Å². The maximum atomic E-state index is 12.9. The number of ketones is 1. The van der Waals surface area contributed by atoms with Crippen molar-refractivity contribution in [3.63, 3.8) is 0 Å². The van der Waals surface area contributed by atoms with Crippen molar-refractivity contribution in [1.82, 2.24) is 14.8 Å². The highest BCUT2D eigenvalue weighted by Crippen LogP contribution is 2.41. The number of pyridine rings is 1. The maximum absolute atomic E-state index is 12.9. The normalized spacial score (nSPS) is 18.8. The Morgan fingerprint density at radius 3 is 2.46 bits per heavy atom. The summed E-state index contributed by atoms with van der Waals surface area (Å²) in [5.74, 6) is 2.65. The van der Waals surface area contributed by atoms with E-state index in [9.17, 15) is 9.59 Å². The Labute approximate surface area is 218 Å². The molecule has 1 aromatic carbocycles. The Kier molecular flexibility index (Phi) is 6.92. The van der Waals surface area contributed by atoms with Crippen LogP contribution < -0.4 is 0 Å². The molecule has 3 aromatic rings. The van der Waals surface area contributed by atoms with Crippen LogP contribution in [-0.2, 0) is 11.2 Å². The lowest BCUT2D eigenvalue weighted by Crippen LogP contribution is -2.40. The summed E-state index contributed by atoms with van der Waals surface area (Å²) in [5.41, 5.74) is 5.12. The van der Waals surface area contributed by atoms with Gasteiger partial charge in [-0.25, -0.2) is 0 Å². The number of carbonyl (C=O) groups excluding carboxylic acids is 2. The third-order valence-electron chi connectivity index (χ3n) is 8.37. The van der Waals surface area contributed by atoms with Gasteiger partial charge >= 0.3 is 0 Å². The number of fused-ring (bicyclic) bond motifs is 1. The van der Waals surface area contributed by atoms with Crippen molar-refractivity contribution in [2.45, 2.75) is 57.3 Å². The second-order valence-corrected chi connectivity index (χ2v) is 10.7. The molecule has 192 valence electrons. The average molecular weight is 498 g/mol. The van der Waals surface area contributed by atoms with Gasteiger partial charge in [0.2, 0.25) is 5.91 Å². The minimum atomic E-state index is 0.237. The molecule has 0 saturated carbocycles. The SMILES string of the molecule is O=C1CCc2cc(-c3cc(C4CCN(C(=O)CCN5CCCCC5)CC4)oc3-c3ccncc3)ccc21. The summed E-state index contributed by atoms with van der Waals surface area (Å²) in [5, 5.41) is 0. The summed E-state index contributed by atoms with van der Waals surface area (Å²) in [6.45, 7) is 4.73. The van der Waals surface area contributed by atoms with Crippen LogP contribution in [0.4, 0.5) is 0 Å².